The number of para-hydroxylation sites is 3. The quantitative estimate of drug-likeness (QED) is 0.167. The molecule has 6 nitrogen and oxygen atoms in total. The minimum Gasteiger partial charge on any atom is -0.454 e. The summed E-state index contributed by atoms with van der Waals surface area (Å²) in [4.78, 5) is 13.1. The summed E-state index contributed by atoms with van der Waals surface area (Å²) in [5.74, 6) is -2.68. The lowest BCUT2D eigenvalue weighted by atomic mass is 10.0. The molecule has 13 rings (SSSR count). The van der Waals surface area contributed by atoms with Gasteiger partial charge in [-0.2, -0.15) is 0 Å². The minimum absolute atomic E-state index is 0.679. The standard InChI is InChI=1S/C57H35N5O/c1-5-17-36(18-6-1)39-31-34-48-46(35-39)41-25-13-14-28-47(41)62(48)49-29-15-26-42-43-32-33-44-51-45(27-16-30-50(51)63-54(44)53(43)61(52(42)49)40-23-11-4-12-24-40)57-59-55(37-19-7-2-8-20-37)58-56(60-57)38-21-9-3-10-22-38/h1-35H/i1D,2D,3D,4D,5D,6D,7D,8D,9D,10D,11D,12D,13D,14D,15D,16D,17D,18D,19D,20D,21D,22D,23D,24D,25D,26D,27D,28D,29D,30D,31D,32D,33D,34D,35D. The Morgan fingerprint density at radius 2 is 0.952 bits per heavy atom. The number of hydrogen-bond acceptors (Lipinski definition) is 4. The molecule has 0 aliphatic rings. The van der Waals surface area contributed by atoms with Gasteiger partial charge in [-0.15, -0.1) is 0 Å². The van der Waals surface area contributed by atoms with E-state index in [0.29, 0.717) is 9.13 Å². The van der Waals surface area contributed by atoms with Crippen molar-refractivity contribution in [3.05, 3.63) is 211 Å². The number of rotatable bonds is 6. The Labute approximate surface area is 410 Å². The van der Waals surface area contributed by atoms with E-state index in [1.807, 2.05) is 0 Å². The van der Waals surface area contributed by atoms with Gasteiger partial charge < -0.3 is 13.6 Å². The maximum atomic E-state index is 10.1. The number of nitrogens with zero attached hydrogens (tertiary/aromatic N) is 5. The lowest BCUT2D eigenvalue weighted by Gasteiger charge is -2.14. The molecule has 4 aromatic heterocycles. The van der Waals surface area contributed by atoms with E-state index in [4.69, 9.17) is 31.8 Å². The molecule has 294 valence electrons. The van der Waals surface area contributed by atoms with Crippen molar-refractivity contribution in [1.29, 1.82) is 0 Å². The average Bonchev–Trinajstić information content (AvgIpc) is 1.55. The summed E-state index contributed by atoms with van der Waals surface area (Å²) in [5.41, 5.74) is -10.7. The lowest BCUT2D eigenvalue weighted by molar-refractivity contribution is 0.671. The second kappa shape index (κ2) is 14.0. The zero-order valence-electron chi connectivity index (χ0n) is 66.1. The topological polar surface area (TPSA) is 61.7 Å². The molecule has 0 unspecified atom stereocenters. The van der Waals surface area contributed by atoms with Crippen molar-refractivity contribution in [2.45, 2.75) is 0 Å². The van der Waals surface area contributed by atoms with E-state index in [1.165, 1.54) is 0 Å². The summed E-state index contributed by atoms with van der Waals surface area (Å²) < 4.78 is 326. The third-order valence-corrected chi connectivity index (χ3v) is 9.96. The van der Waals surface area contributed by atoms with Crippen LogP contribution in [0.15, 0.2) is 216 Å². The van der Waals surface area contributed by atoms with Crippen molar-refractivity contribution in [3.63, 3.8) is 0 Å². The molecule has 0 radical (unpaired) electrons. The summed E-state index contributed by atoms with van der Waals surface area (Å²) in [6, 6.07) is -35.1. The van der Waals surface area contributed by atoms with Crippen molar-refractivity contribution in [2.24, 2.45) is 0 Å². The summed E-state index contributed by atoms with van der Waals surface area (Å²) in [6.07, 6.45) is 0. The number of benzene rings is 9. The van der Waals surface area contributed by atoms with Crippen LogP contribution in [0.3, 0.4) is 0 Å². The Balaban J connectivity index is 1.30. The number of hydrogen-bond donors (Lipinski definition) is 0. The van der Waals surface area contributed by atoms with Crippen LogP contribution in [0.5, 0.6) is 0 Å². The van der Waals surface area contributed by atoms with Gasteiger partial charge in [0, 0.05) is 54.7 Å². The van der Waals surface area contributed by atoms with Gasteiger partial charge >= 0.3 is 0 Å². The highest BCUT2D eigenvalue weighted by Gasteiger charge is 2.25. The van der Waals surface area contributed by atoms with E-state index in [9.17, 15) is 20.6 Å². The van der Waals surface area contributed by atoms with E-state index >= 15 is 0 Å². The van der Waals surface area contributed by atoms with Crippen LogP contribution in [0.2, 0.25) is 0 Å². The van der Waals surface area contributed by atoms with Gasteiger partial charge in [-0.05, 0) is 59.5 Å². The highest BCUT2D eigenvalue weighted by molar-refractivity contribution is 6.24. The lowest BCUT2D eigenvalue weighted by Crippen LogP contribution is -2.00. The third kappa shape index (κ3) is 5.48. The van der Waals surface area contributed by atoms with Crippen molar-refractivity contribution in [1.82, 2.24) is 24.1 Å². The van der Waals surface area contributed by atoms with Crippen LogP contribution in [-0.4, -0.2) is 24.1 Å². The second-order valence-electron chi connectivity index (χ2n) is 13.3. The Bertz CT molecular complexity index is 5810. The molecule has 9 aromatic carbocycles. The number of aromatic nitrogens is 5. The molecule has 0 aliphatic heterocycles. The molecule has 0 atom stereocenters. The summed E-state index contributed by atoms with van der Waals surface area (Å²) in [7, 11) is 0. The molecular formula is C57H35N5O. The first-order chi connectivity index (χ1) is 45.8. The Kier molecular flexibility index (Phi) is 3.35. The molecule has 4 heterocycles. The fourth-order valence-electron chi connectivity index (χ4n) is 7.43. The third-order valence-electron chi connectivity index (χ3n) is 9.96. The van der Waals surface area contributed by atoms with Crippen molar-refractivity contribution >= 4 is 65.6 Å². The molecular weight excluding hydrogens is 771 g/mol. The first kappa shape index (κ1) is 15.1. The number of furan rings is 1. The van der Waals surface area contributed by atoms with E-state index < -0.39 is 334 Å². The van der Waals surface area contributed by atoms with Crippen LogP contribution in [0, 0.1) is 0 Å². The predicted molar refractivity (Wildman–Crippen MR) is 258 cm³/mol. The average molecular weight is 841 g/mol. The molecule has 0 fully saturated rings. The van der Waals surface area contributed by atoms with Gasteiger partial charge in [0.2, 0.25) is 0 Å². The summed E-state index contributed by atoms with van der Waals surface area (Å²) in [6.45, 7) is 0. The first-order valence-electron chi connectivity index (χ1n) is 35.8. The molecule has 0 saturated carbocycles. The van der Waals surface area contributed by atoms with Crippen LogP contribution in [0.4, 0.5) is 0 Å². The first-order valence-corrected chi connectivity index (χ1v) is 18.3. The molecule has 13 aromatic rings. The van der Waals surface area contributed by atoms with Gasteiger partial charge in [0.05, 0.1) is 75.7 Å². The van der Waals surface area contributed by atoms with Crippen molar-refractivity contribution in [2.75, 3.05) is 0 Å². The monoisotopic (exact) mass is 841 g/mol. The molecule has 6 heteroatoms. The molecule has 0 amide bonds. The Morgan fingerprint density at radius 1 is 0.381 bits per heavy atom. The van der Waals surface area contributed by atoms with Gasteiger partial charge in [0.1, 0.15) is 5.58 Å². The highest BCUT2D eigenvalue weighted by Crippen LogP contribution is 2.45. The minimum atomic E-state index is -1.15. The largest absolute Gasteiger partial charge is 0.454 e. The molecule has 0 N–H and O–H groups in total. The zero-order valence-corrected chi connectivity index (χ0v) is 31.1. The van der Waals surface area contributed by atoms with E-state index in [-0.39, 0.29) is 0 Å². The second-order valence-corrected chi connectivity index (χ2v) is 13.3. The van der Waals surface area contributed by atoms with Crippen LogP contribution < -0.4 is 0 Å². The summed E-state index contributed by atoms with van der Waals surface area (Å²) in [5, 5.41) is -4.28. The highest BCUT2D eigenvalue weighted by atomic mass is 16.3. The maximum absolute atomic E-state index is 10.1. The Hall–Kier alpha value is -8.61. The van der Waals surface area contributed by atoms with Crippen molar-refractivity contribution in [3.8, 4) is 56.7 Å². The van der Waals surface area contributed by atoms with Gasteiger partial charge in [-0.1, -0.05) is 163 Å². The zero-order chi connectivity index (χ0) is 71.9. The smallest absolute Gasteiger partial charge is 0.164 e. The normalized spacial score (nSPS) is 19.6. The van der Waals surface area contributed by atoms with Crippen LogP contribution in [0.1, 0.15) is 48.0 Å². The summed E-state index contributed by atoms with van der Waals surface area (Å²) >= 11 is 0. The molecule has 0 bridgehead atoms. The van der Waals surface area contributed by atoms with E-state index in [2.05, 4.69) is 15.0 Å². The fourth-order valence-corrected chi connectivity index (χ4v) is 7.43. The molecule has 0 saturated heterocycles. The fraction of sp³-hybridized carbons (Fsp3) is 0. The van der Waals surface area contributed by atoms with Gasteiger partial charge in [0.25, 0.3) is 0 Å². The number of fused-ring (bicyclic) bond motifs is 10. The predicted octanol–water partition coefficient (Wildman–Crippen LogP) is 14.6. The molecule has 63 heavy (non-hydrogen) atoms. The SMILES string of the molecule is [2H]c1c([2H])c([2H])c(-c2nc(-c3c([2H])c([2H])c([2H])c([2H])c3[2H])nc(-c3c([2H])c([2H])c([2H])c4oc5c(c([2H])c([2H])c6c7c([2H])c([2H])c([2H])c(-n8c9c([2H])c([2H])c([2H])c([2H])c9c9c([2H])c(-c%10c([2H])c([2H])c([2H])c([2H])c%10[2H])c([2H])c([2H])c98)c7n(-c7c([2H])c([2H])c([2H])c([2H])c7[2H])c56)c34)n2)c([2H])c1[2H]. The van der Waals surface area contributed by atoms with Gasteiger partial charge in [-0.3, -0.25) is 0 Å². The van der Waals surface area contributed by atoms with Crippen LogP contribution in [-0.2, 0) is 0 Å². The molecule has 0 spiro atoms. The van der Waals surface area contributed by atoms with E-state index in [0.717, 1.165) is 0 Å². The van der Waals surface area contributed by atoms with Gasteiger partial charge in [0.15, 0.2) is 23.1 Å². The van der Waals surface area contributed by atoms with Gasteiger partial charge in [-0.25, -0.2) is 15.0 Å². The molecule has 0 aliphatic carbocycles. The Morgan fingerprint density at radius 3 is 1.68 bits per heavy atom. The van der Waals surface area contributed by atoms with E-state index in [1.54, 1.807) is 0 Å². The maximum Gasteiger partial charge on any atom is 0.164 e. The van der Waals surface area contributed by atoms with Crippen LogP contribution in [0.25, 0.3) is 122 Å². The van der Waals surface area contributed by atoms with Crippen molar-refractivity contribution < 1.29 is 52.4 Å². The van der Waals surface area contributed by atoms with Crippen LogP contribution >= 0.6 is 0 Å².